The summed E-state index contributed by atoms with van der Waals surface area (Å²) in [6.07, 6.45) is 4.59. The van der Waals surface area contributed by atoms with E-state index < -0.39 is 0 Å². The van der Waals surface area contributed by atoms with Gasteiger partial charge in [0.05, 0.1) is 19.8 Å². The second-order valence-electron chi connectivity index (χ2n) is 6.98. The number of nitrogens with one attached hydrogen (secondary N) is 1. The van der Waals surface area contributed by atoms with Crippen molar-refractivity contribution >= 4 is 5.96 Å². The molecule has 3 rings (SSSR count). The van der Waals surface area contributed by atoms with Crippen LogP contribution in [0.25, 0.3) is 0 Å². The maximum Gasteiger partial charge on any atom is 0.194 e. The Hall–Kier alpha value is -1.67. The highest BCUT2D eigenvalue weighted by atomic mass is 16.5. The van der Waals surface area contributed by atoms with Gasteiger partial charge in [-0.3, -0.25) is 0 Å². The molecule has 0 spiro atoms. The normalized spacial score (nSPS) is 20.5. The van der Waals surface area contributed by atoms with Crippen LogP contribution in [0.1, 0.15) is 37.8 Å². The summed E-state index contributed by atoms with van der Waals surface area (Å²) in [5.41, 5.74) is 0. The van der Waals surface area contributed by atoms with Gasteiger partial charge in [0.25, 0.3) is 0 Å². The van der Waals surface area contributed by atoms with Gasteiger partial charge in [0.15, 0.2) is 11.8 Å². The molecular weight excluding hydrogens is 332 g/mol. The van der Waals surface area contributed by atoms with Gasteiger partial charge >= 0.3 is 0 Å². The largest absolute Gasteiger partial charge is 0.382 e. The maximum atomic E-state index is 5.69. The fraction of sp³-hybridized carbons (Fsp3) is 0.833. The molecule has 146 valence electrons. The van der Waals surface area contributed by atoms with E-state index in [1.807, 2.05) is 0 Å². The highest BCUT2D eigenvalue weighted by Gasteiger charge is 2.25. The van der Waals surface area contributed by atoms with Crippen LogP contribution in [0.4, 0.5) is 0 Å². The third kappa shape index (κ3) is 4.94. The lowest BCUT2D eigenvalue weighted by Gasteiger charge is -2.22. The van der Waals surface area contributed by atoms with E-state index in [4.69, 9.17) is 14.5 Å². The number of hydrogen-bond acceptors (Lipinski definition) is 5. The first-order chi connectivity index (χ1) is 12.8. The Labute approximate surface area is 156 Å². The fourth-order valence-corrected chi connectivity index (χ4v) is 3.61. The van der Waals surface area contributed by atoms with Crippen LogP contribution in [-0.2, 0) is 29.0 Å². The molecule has 0 aliphatic carbocycles. The van der Waals surface area contributed by atoms with Crippen LogP contribution >= 0.6 is 0 Å². The zero-order chi connectivity index (χ0) is 18.2. The molecule has 2 aliphatic heterocycles. The highest BCUT2D eigenvalue weighted by Crippen LogP contribution is 2.18. The zero-order valence-electron chi connectivity index (χ0n) is 16.1. The number of fused-ring (bicyclic) bond motifs is 1. The number of rotatable bonds is 8. The number of likely N-dealkylation sites (tertiary alicyclic amines) is 1. The monoisotopic (exact) mass is 364 g/mol. The molecule has 0 bridgehead atoms. The number of guanidine groups is 1. The van der Waals surface area contributed by atoms with Crippen molar-refractivity contribution in [2.24, 2.45) is 10.9 Å². The second kappa shape index (κ2) is 9.87. The van der Waals surface area contributed by atoms with Crippen molar-refractivity contribution in [3.8, 4) is 0 Å². The van der Waals surface area contributed by atoms with Crippen LogP contribution in [0.15, 0.2) is 4.99 Å². The molecule has 1 unspecified atom stereocenters. The third-order valence-electron chi connectivity index (χ3n) is 5.01. The Balaban J connectivity index is 1.55. The van der Waals surface area contributed by atoms with Crippen molar-refractivity contribution in [1.82, 2.24) is 25.0 Å². The Morgan fingerprint density at radius 2 is 2.19 bits per heavy atom. The molecule has 1 aromatic rings. The summed E-state index contributed by atoms with van der Waals surface area (Å²) in [6.45, 7) is 8.69. The topological polar surface area (TPSA) is 76.8 Å². The fourth-order valence-electron chi connectivity index (χ4n) is 3.61. The van der Waals surface area contributed by atoms with Gasteiger partial charge in [-0.1, -0.05) is 0 Å². The van der Waals surface area contributed by atoms with Crippen molar-refractivity contribution < 1.29 is 9.47 Å². The first kappa shape index (κ1) is 19.1. The first-order valence-electron chi connectivity index (χ1n) is 9.82. The molecule has 8 heteroatoms. The molecule has 3 heterocycles. The van der Waals surface area contributed by atoms with E-state index >= 15 is 0 Å². The molecule has 26 heavy (non-hydrogen) atoms. The van der Waals surface area contributed by atoms with Crippen molar-refractivity contribution in [3.05, 3.63) is 11.6 Å². The lowest BCUT2D eigenvalue weighted by molar-refractivity contribution is 0.0536. The minimum atomic E-state index is 0.552. The predicted molar refractivity (Wildman–Crippen MR) is 100 cm³/mol. The van der Waals surface area contributed by atoms with E-state index in [0.29, 0.717) is 25.7 Å². The molecule has 1 N–H and O–H groups in total. The van der Waals surface area contributed by atoms with Crippen molar-refractivity contribution in [2.75, 3.05) is 46.6 Å². The van der Waals surface area contributed by atoms with Crippen LogP contribution in [0.2, 0.25) is 0 Å². The molecule has 8 nitrogen and oxygen atoms in total. The second-order valence-corrected chi connectivity index (χ2v) is 6.98. The van der Waals surface area contributed by atoms with Crippen LogP contribution in [0.3, 0.4) is 0 Å². The summed E-state index contributed by atoms with van der Waals surface area (Å²) >= 11 is 0. The number of aromatic nitrogens is 3. The molecule has 0 saturated carbocycles. The number of ether oxygens (including phenoxy) is 2. The van der Waals surface area contributed by atoms with Crippen molar-refractivity contribution in [2.45, 2.75) is 45.7 Å². The van der Waals surface area contributed by atoms with Crippen LogP contribution in [0.5, 0.6) is 0 Å². The Morgan fingerprint density at radius 3 is 3.04 bits per heavy atom. The standard InChI is InChI=1S/C18H32N6O2/c1-3-19-18(23-9-7-15(13-23)14-26-11-10-25-2)20-12-17-22-21-16-6-4-5-8-24(16)17/h15H,3-14H2,1-2H3,(H,19,20). The predicted octanol–water partition coefficient (Wildman–Crippen LogP) is 1.06. The first-order valence-corrected chi connectivity index (χ1v) is 9.82. The van der Waals surface area contributed by atoms with E-state index in [2.05, 4.69) is 31.9 Å². The van der Waals surface area contributed by atoms with Crippen LogP contribution < -0.4 is 5.32 Å². The summed E-state index contributed by atoms with van der Waals surface area (Å²) in [7, 11) is 1.70. The zero-order valence-corrected chi connectivity index (χ0v) is 16.1. The highest BCUT2D eigenvalue weighted by molar-refractivity contribution is 5.80. The number of nitrogens with zero attached hydrogens (tertiary/aromatic N) is 5. The van der Waals surface area contributed by atoms with Gasteiger partial charge in [0.2, 0.25) is 0 Å². The smallest absolute Gasteiger partial charge is 0.194 e. The van der Waals surface area contributed by atoms with Gasteiger partial charge in [0.1, 0.15) is 12.4 Å². The molecule has 1 atom stereocenters. The molecular formula is C18H32N6O2. The van der Waals surface area contributed by atoms with Crippen LogP contribution in [-0.4, -0.2) is 72.2 Å². The van der Waals surface area contributed by atoms with Gasteiger partial charge in [-0.05, 0) is 26.2 Å². The average molecular weight is 364 g/mol. The molecule has 1 fully saturated rings. The number of aliphatic imine (C=N–C) groups is 1. The molecule has 0 radical (unpaired) electrons. The van der Waals surface area contributed by atoms with Gasteiger partial charge in [-0.2, -0.15) is 0 Å². The number of methoxy groups -OCH3 is 1. The molecule has 2 aliphatic rings. The molecule has 0 aromatic carbocycles. The molecule has 1 aromatic heterocycles. The lowest BCUT2D eigenvalue weighted by Crippen LogP contribution is -2.40. The van der Waals surface area contributed by atoms with Gasteiger partial charge < -0.3 is 24.3 Å². The quantitative estimate of drug-likeness (QED) is 0.422. The Morgan fingerprint density at radius 1 is 1.27 bits per heavy atom. The Kier molecular flexibility index (Phi) is 7.25. The molecule has 0 amide bonds. The van der Waals surface area contributed by atoms with E-state index in [1.54, 1.807) is 7.11 Å². The van der Waals surface area contributed by atoms with E-state index in [-0.39, 0.29) is 0 Å². The van der Waals surface area contributed by atoms with E-state index in [1.165, 1.54) is 12.8 Å². The summed E-state index contributed by atoms with van der Waals surface area (Å²) < 4.78 is 13.0. The summed E-state index contributed by atoms with van der Waals surface area (Å²) in [4.78, 5) is 7.17. The Bertz CT molecular complexity index is 588. The number of hydrogen-bond donors (Lipinski definition) is 1. The van der Waals surface area contributed by atoms with Gasteiger partial charge in [-0.15, -0.1) is 10.2 Å². The minimum absolute atomic E-state index is 0.552. The number of aryl methyl sites for hydroxylation is 1. The van der Waals surface area contributed by atoms with E-state index in [0.717, 1.165) is 63.2 Å². The summed E-state index contributed by atoms with van der Waals surface area (Å²) in [6, 6.07) is 0. The van der Waals surface area contributed by atoms with E-state index in [9.17, 15) is 0 Å². The minimum Gasteiger partial charge on any atom is -0.382 e. The van der Waals surface area contributed by atoms with Gasteiger partial charge in [0, 0.05) is 45.6 Å². The SMILES string of the molecule is CCNC(=NCc1nnc2n1CCCC2)N1CCC(COCCOC)C1. The average Bonchev–Trinajstić information content (AvgIpc) is 3.30. The summed E-state index contributed by atoms with van der Waals surface area (Å²) in [5.74, 6) is 3.62. The van der Waals surface area contributed by atoms with Crippen molar-refractivity contribution in [1.29, 1.82) is 0 Å². The summed E-state index contributed by atoms with van der Waals surface area (Å²) in [5, 5.41) is 12.1. The van der Waals surface area contributed by atoms with Gasteiger partial charge in [-0.25, -0.2) is 4.99 Å². The van der Waals surface area contributed by atoms with Crippen molar-refractivity contribution in [3.63, 3.8) is 0 Å². The third-order valence-corrected chi connectivity index (χ3v) is 5.01. The lowest BCUT2D eigenvalue weighted by atomic mass is 10.1. The molecule has 1 saturated heterocycles. The maximum absolute atomic E-state index is 5.69. The van der Waals surface area contributed by atoms with Crippen LogP contribution in [0, 0.1) is 5.92 Å².